The highest BCUT2D eigenvalue weighted by atomic mass is 19.1. The first-order valence-corrected chi connectivity index (χ1v) is 11.9. The Morgan fingerprint density at radius 3 is 2.86 bits per heavy atom. The van der Waals surface area contributed by atoms with Gasteiger partial charge in [-0.15, -0.1) is 0 Å². The number of nitrogens with zero attached hydrogens (tertiary/aromatic N) is 2. The molecule has 1 aliphatic heterocycles. The Bertz CT molecular complexity index is 1530. The van der Waals surface area contributed by atoms with Crippen LogP contribution >= 0.6 is 0 Å². The summed E-state index contributed by atoms with van der Waals surface area (Å²) in [5, 5.41) is 6.97. The van der Waals surface area contributed by atoms with Gasteiger partial charge in [-0.1, -0.05) is 0 Å². The number of fused-ring (bicyclic) bond motifs is 1. The average Bonchev–Trinajstić information content (AvgIpc) is 2.88. The number of carbonyl (C=O) groups is 1. The largest absolute Gasteiger partial charge is 0.493 e. The van der Waals surface area contributed by atoms with Gasteiger partial charge in [-0.25, -0.2) is 19.2 Å². The highest BCUT2D eigenvalue weighted by Gasteiger charge is 2.27. The molecule has 2 aromatic heterocycles. The van der Waals surface area contributed by atoms with Gasteiger partial charge in [0.05, 0.1) is 25.0 Å². The van der Waals surface area contributed by atoms with Gasteiger partial charge in [0.25, 0.3) is 0 Å². The molecule has 0 spiro atoms. The number of morpholine rings is 1. The lowest BCUT2D eigenvalue weighted by molar-refractivity contribution is 0.0277. The zero-order chi connectivity index (χ0) is 25.9. The molecule has 2 N–H and O–H groups in total. The van der Waals surface area contributed by atoms with Gasteiger partial charge in [0.1, 0.15) is 22.7 Å². The highest BCUT2D eigenvalue weighted by Crippen LogP contribution is 2.33. The van der Waals surface area contributed by atoms with Crippen molar-refractivity contribution in [1.29, 1.82) is 0 Å². The first-order chi connectivity index (χ1) is 17.9. The molecule has 1 unspecified atom stereocenters. The smallest absolute Gasteiger partial charge is 0.347 e. The standard InChI is InChI=1S/C27H25FN4O5/c1-3-35-21-12-16(28)4-6-18(21)20-8-9-30-27(32-20)31-17-5-7-19-22(13-17)37-26(34)24(15(2)33)25(19)23-14-29-10-11-36-23/h4-9,12-13,23,29H,3,10-11,14H2,1-2H3,(H,30,31,32). The van der Waals surface area contributed by atoms with Crippen LogP contribution in [0.2, 0.25) is 0 Å². The Labute approximate surface area is 211 Å². The molecule has 1 saturated heterocycles. The van der Waals surface area contributed by atoms with Crippen molar-refractivity contribution in [2.24, 2.45) is 0 Å². The molecule has 1 aliphatic rings. The summed E-state index contributed by atoms with van der Waals surface area (Å²) in [7, 11) is 0. The quantitative estimate of drug-likeness (QED) is 0.279. The van der Waals surface area contributed by atoms with Crippen LogP contribution in [0.3, 0.4) is 0 Å². The SMILES string of the molecule is CCOc1cc(F)ccc1-c1ccnc(Nc2ccc3c(C4CNCCO4)c(C(C)=O)c(=O)oc3c2)n1. The summed E-state index contributed by atoms with van der Waals surface area (Å²) in [5.41, 5.74) is 1.86. The van der Waals surface area contributed by atoms with Crippen molar-refractivity contribution in [3.05, 3.63) is 76.0 Å². The van der Waals surface area contributed by atoms with Crippen LogP contribution in [0.15, 0.2) is 57.9 Å². The topological polar surface area (TPSA) is 116 Å². The predicted molar refractivity (Wildman–Crippen MR) is 136 cm³/mol. The van der Waals surface area contributed by atoms with Crippen molar-refractivity contribution >= 4 is 28.4 Å². The van der Waals surface area contributed by atoms with E-state index in [1.807, 2.05) is 6.92 Å². The van der Waals surface area contributed by atoms with Crippen LogP contribution in [0.4, 0.5) is 16.0 Å². The second-order valence-electron chi connectivity index (χ2n) is 8.47. The lowest BCUT2D eigenvalue weighted by atomic mass is 9.96. The summed E-state index contributed by atoms with van der Waals surface area (Å²) in [6.07, 6.45) is 1.13. The minimum Gasteiger partial charge on any atom is -0.493 e. The summed E-state index contributed by atoms with van der Waals surface area (Å²) >= 11 is 0. The van der Waals surface area contributed by atoms with Crippen LogP contribution in [-0.4, -0.2) is 42.1 Å². The average molecular weight is 505 g/mol. The fourth-order valence-electron chi connectivity index (χ4n) is 4.40. The minimum atomic E-state index is -0.709. The lowest BCUT2D eigenvalue weighted by Crippen LogP contribution is -2.35. The third kappa shape index (κ3) is 5.07. The van der Waals surface area contributed by atoms with Gasteiger partial charge in [-0.3, -0.25) is 4.79 Å². The van der Waals surface area contributed by atoms with Crippen molar-refractivity contribution < 1.29 is 23.1 Å². The number of ether oxygens (including phenoxy) is 2. The fourth-order valence-corrected chi connectivity index (χ4v) is 4.40. The van der Waals surface area contributed by atoms with E-state index < -0.39 is 17.5 Å². The molecule has 190 valence electrons. The molecular formula is C27H25FN4O5. The summed E-state index contributed by atoms with van der Waals surface area (Å²) < 4.78 is 30.7. The summed E-state index contributed by atoms with van der Waals surface area (Å²) in [4.78, 5) is 33.9. The Hall–Kier alpha value is -4.15. The number of benzene rings is 2. The molecule has 37 heavy (non-hydrogen) atoms. The van der Waals surface area contributed by atoms with Crippen molar-refractivity contribution in [3.8, 4) is 17.0 Å². The monoisotopic (exact) mass is 504 g/mol. The number of ketones is 1. The predicted octanol–water partition coefficient (Wildman–Crippen LogP) is 4.39. The zero-order valence-electron chi connectivity index (χ0n) is 20.3. The van der Waals surface area contributed by atoms with Crippen molar-refractivity contribution in [2.45, 2.75) is 20.0 Å². The van der Waals surface area contributed by atoms with Crippen LogP contribution in [0.5, 0.6) is 5.75 Å². The molecule has 0 amide bonds. The van der Waals surface area contributed by atoms with Crippen LogP contribution in [0.25, 0.3) is 22.2 Å². The molecule has 1 fully saturated rings. The normalized spacial score (nSPS) is 15.5. The number of hydrogen-bond acceptors (Lipinski definition) is 9. The van der Waals surface area contributed by atoms with Crippen molar-refractivity contribution in [3.63, 3.8) is 0 Å². The Morgan fingerprint density at radius 2 is 2.11 bits per heavy atom. The number of Topliss-reactive ketones (excluding diaryl/α,β-unsaturated/α-hetero) is 1. The van der Waals surface area contributed by atoms with E-state index in [1.165, 1.54) is 19.1 Å². The maximum atomic E-state index is 13.7. The molecular weight excluding hydrogens is 479 g/mol. The van der Waals surface area contributed by atoms with Crippen LogP contribution in [-0.2, 0) is 4.74 Å². The Balaban J connectivity index is 1.51. The van der Waals surface area contributed by atoms with E-state index in [-0.39, 0.29) is 17.3 Å². The molecule has 1 atom stereocenters. The summed E-state index contributed by atoms with van der Waals surface area (Å²) in [6, 6.07) is 11.2. The van der Waals surface area contributed by atoms with E-state index >= 15 is 0 Å². The van der Waals surface area contributed by atoms with E-state index in [4.69, 9.17) is 13.9 Å². The molecule has 0 bridgehead atoms. The number of halogens is 1. The number of hydrogen-bond donors (Lipinski definition) is 2. The minimum absolute atomic E-state index is 0.00217. The Kier molecular flexibility index (Phi) is 6.93. The fraction of sp³-hybridized carbons (Fsp3) is 0.259. The molecule has 3 heterocycles. The maximum Gasteiger partial charge on any atom is 0.347 e. The number of rotatable bonds is 7. The molecule has 0 aliphatic carbocycles. The molecule has 10 heteroatoms. The van der Waals surface area contributed by atoms with Gasteiger partial charge in [0.15, 0.2) is 5.78 Å². The summed E-state index contributed by atoms with van der Waals surface area (Å²) in [6.45, 7) is 5.19. The van der Waals surface area contributed by atoms with Crippen LogP contribution < -0.4 is 21.0 Å². The molecule has 5 rings (SSSR count). The third-order valence-electron chi connectivity index (χ3n) is 5.98. The molecule has 4 aromatic rings. The van der Waals surface area contributed by atoms with Crippen molar-refractivity contribution in [2.75, 3.05) is 31.6 Å². The first kappa shape index (κ1) is 24.5. The van der Waals surface area contributed by atoms with Gasteiger partial charge < -0.3 is 24.5 Å². The van der Waals surface area contributed by atoms with E-state index in [1.54, 1.807) is 36.5 Å². The first-order valence-electron chi connectivity index (χ1n) is 11.9. The highest BCUT2D eigenvalue weighted by molar-refractivity contribution is 6.00. The van der Waals surface area contributed by atoms with Crippen LogP contribution in [0, 0.1) is 5.82 Å². The van der Waals surface area contributed by atoms with Crippen molar-refractivity contribution in [1.82, 2.24) is 15.3 Å². The second-order valence-corrected chi connectivity index (χ2v) is 8.47. The maximum absolute atomic E-state index is 13.7. The van der Waals surface area contributed by atoms with Crippen LogP contribution in [0.1, 0.15) is 35.9 Å². The lowest BCUT2D eigenvalue weighted by Gasteiger charge is -2.26. The molecule has 9 nitrogen and oxygen atoms in total. The van der Waals surface area contributed by atoms with Gasteiger partial charge >= 0.3 is 5.63 Å². The number of anilines is 2. The van der Waals surface area contributed by atoms with E-state index in [0.717, 1.165) is 0 Å². The Morgan fingerprint density at radius 1 is 1.24 bits per heavy atom. The molecule has 0 saturated carbocycles. The van der Waals surface area contributed by atoms with Gasteiger partial charge in [0.2, 0.25) is 5.95 Å². The number of nitrogens with one attached hydrogen (secondary N) is 2. The van der Waals surface area contributed by atoms with E-state index in [9.17, 15) is 14.0 Å². The summed E-state index contributed by atoms with van der Waals surface area (Å²) in [5.74, 6) is -0.113. The van der Waals surface area contributed by atoms with Gasteiger partial charge in [-0.05, 0) is 44.2 Å². The molecule has 0 radical (unpaired) electrons. The van der Waals surface area contributed by atoms with E-state index in [0.29, 0.717) is 65.5 Å². The zero-order valence-corrected chi connectivity index (χ0v) is 20.3. The number of carbonyl (C=O) groups excluding carboxylic acids is 1. The van der Waals surface area contributed by atoms with Gasteiger partial charge in [0, 0.05) is 53.6 Å². The molecule has 2 aromatic carbocycles. The second kappa shape index (κ2) is 10.5. The third-order valence-corrected chi connectivity index (χ3v) is 5.98. The van der Waals surface area contributed by atoms with Gasteiger partial charge in [-0.2, -0.15) is 0 Å². The number of aromatic nitrogens is 2. The van der Waals surface area contributed by atoms with E-state index in [2.05, 4.69) is 20.6 Å².